The highest BCUT2D eigenvalue weighted by molar-refractivity contribution is 6.31. The molecule has 0 saturated carbocycles. The Morgan fingerprint density at radius 3 is 2.52 bits per heavy atom. The number of carboxylic acids is 1. The standard InChI is InChI=1S/C14H17ClFNO4/c1-14(2,3)21-13(20)17-10(7-11(18)19)12-8(15)5-4-6-9(12)16/h4-6,10H,7H2,1-3H3,(H,17,20)(H,18,19). The minimum Gasteiger partial charge on any atom is -0.481 e. The van der Waals surface area contributed by atoms with Gasteiger partial charge >= 0.3 is 12.1 Å². The van der Waals surface area contributed by atoms with Crippen LogP contribution in [-0.2, 0) is 9.53 Å². The lowest BCUT2D eigenvalue weighted by atomic mass is 10.0. The first-order valence-corrected chi connectivity index (χ1v) is 6.63. The third-order valence-electron chi connectivity index (χ3n) is 2.42. The summed E-state index contributed by atoms with van der Waals surface area (Å²) in [5, 5.41) is 11.3. The number of carboxylic acid groups (broad SMARTS) is 1. The van der Waals surface area contributed by atoms with Crippen molar-refractivity contribution in [2.75, 3.05) is 0 Å². The van der Waals surface area contributed by atoms with Crippen molar-refractivity contribution in [3.05, 3.63) is 34.6 Å². The van der Waals surface area contributed by atoms with E-state index < -0.39 is 35.9 Å². The van der Waals surface area contributed by atoms with Gasteiger partial charge in [0.05, 0.1) is 12.5 Å². The highest BCUT2D eigenvalue weighted by Crippen LogP contribution is 2.28. The minimum atomic E-state index is -1.20. The molecule has 0 aliphatic heterocycles. The lowest BCUT2D eigenvalue weighted by molar-refractivity contribution is -0.137. The van der Waals surface area contributed by atoms with E-state index >= 15 is 0 Å². The Labute approximate surface area is 127 Å². The highest BCUT2D eigenvalue weighted by atomic mass is 35.5. The van der Waals surface area contributed by atoms with Crippen molar-refractivity contribution in [1.82, 2.24) is 5.32 Å². The molecule has 0 bridgehead atoms. The van der Waals surface area contributed by atoms with Crippen LogP contribution in [0.15, 0.2) is 18.2 Å². The number of alkyl carbamates (subject to hydrolysis) is 1. The van der Waals surface area contributed by atoms with Crippen LogP contribution in [0, 0.1) is 5.82 Å². The number of amides is 1. The van der Waals surface area contributed by atoms with E-state index in [1.807, 2.05) is 0 Å². The second-order valence-electron chi connectivity index (χ2n) is 5.43. The van der Waals surface area contributed by atoms with Gasteiger partial charge in [-0.05, 0) is 32.9 Å². The molecule has 0 radical (unpaired) electrons. The molecule has 21 heavy (non-hydrogen) atoms. The Morgan fingerprint density at radius 2 is 2.05 bits per heavy atom. The number of carbonyl (C=O) groups is 2. The van der Waals surface area contributed by atoms with Crippen molar-refractivity contribution >= 4 is 23.7 Å². The zero-order valence-electron chi connectivity index (χ0n) is 11.9. The summed E-state index contributed by atoms with van der Waals surface area (Å²) in [7, 11) is 0. The smallest absolute Gasteiger partial charge is 0.408 e. The molecule has 1 unspecified atom stereocenters. The molecule has 0 fully saturated rings. The summed E-state index contributed by atoms with van der Waals surface area (Å²) in [4.78, 5) is 22.7. The lowest BCUT2D eigenvalue weighted by Crippen LogP contribution is -2.36. The molecule has 5 nitrogen and oxygen atoms in total. The van der Waals surface area contributed by atoms with Crippen molar-refractivity contribution in [2.24, 2.45) is 0 Å². The van der Waals surface area contributed by atoms with E-state index in [2.05, 4.69) is 5.32 Å². The number of benzene rings is 1. The molecular weight excluding hydrogens is 301 g/mol. The average Bonchev–Trinajstić information content (AvgIpc) is 2.24. The largest absolute Gasteiger partial charge is 0.481 e. The van der Waals surface area contributed by atoms with Gasteiger partial charge in [-0.2, -0.15) is 0 Å². The fourth-order valence-electron chi connectivity index (χ4n) is 1.69. The third-order valence-corrected chi connectivity index (χ3v) is 2.75. The van der Waals surface area contributed by atoms with Gasteiger partial charge in [-0.15, -0.1) is 0 Å². The average molecular weight is 318 g/mol. The molecule has 0 aromatic heterocycles. The van der Waals surface area contributed by atoms with E-state index in [0.717, 1.165) is 6.07 Å². The summed E-state index contributed by atoms with van der Waals surface area (Å²) >= 11 is 5.90. The molecule has 0 heterocycles. The number of halogens is 2. The SMILES string of the molecule is CC(C)(C)OC(=O)NC(CC(=O)O)c1c(F)cccc1Cl. The second kappa shape index (κ2) is 6.76. The van der Waals surface area contributed by atoms with Crippen molar-refractivity contribution in [2.45, 2.75) is 38.8 Å². The normalized spacial score (nSPS) is 12.6. The minimum absolute atomic E-state index is 0.0392. The maximum Gasteiger partial charge on any atom is 0.408 e. The molecule has 0 spiro atoms. The first-order valence-electron chi connectivity index (χ1n) is 6.25. The third kappa shape index (κ3) is 5.59. The van der Waals surface area contributed by atoms with Gasteiger partial charge in [0.25, 0.3) is 0 Å². The van der Waals surface area contributed by atoms with E-state index in [4.69, 9.17) is 21.4 Å². The molecule has 116 valence electrons. The van der Waals surface area contributed by atoms with Gasteiger partial charge < -0.3 is 15.2 Å². The van der Waals surface area contributed by atoms with Gasteiger partial charge in [0.15, 0.2) is 0 Å². The first-order chi connectivity index (χ1) is 9.60. The summed E-state index contributed by atoms with van der Waals surface area (Å²) in [5.74, 6) is -1.89. The van der Waals surface area contributed by atoms with Crippen LogP contribution in [0.4, 0.5) is 9.18 Å². The molecule has 1 rings (SSSR count). The van der Waals surface area contributed by atoms with Crippen LogP contribution in [0.5, 0.6) is 0 Å². The summed E-state index contributed by atoms with van der Waals surface area (Å²) in [6, 6.07) is 2.84. The monoisotopic (exact) mass is 317 g/mol. The van der Waals surface area contributed by atoms with Gasteiger partial charge in [0.1, 0.15) is 11.4 Å². The van der Waals surface area contributed by atoms with Crippen LogP contribution >= 0.6 is 11.6 Å². The number of aliphatic carboxylic acids is 1. The number of hydrogen-bond donors (Lipinski definition) is 2. The topological polar surface area (TPSA) is 75.6 Å². The van der Waals surface area contributed by atoms with Gasteiger partial charge in [-0.25, -0.2) is 9.18 Å². The fraction of sp³-hybridized carbons (Fsp3) is 0.429. The summed E-state index contributed by atoms with van der Waals surface area (Å²) < 4.78 is 18.9. The van der Waals surface area contributed by atoms with Crippen molar-refractivity contribution in [3.63, 3.8) is 0 Å². The molecule has 0 aliphatic carbocycles. The Balaban J connectivity index is 3.01. The summed E-state index contributed by atoms with van der Waals surface area (Å²) in [5.41, 5.74) is -0.830. The molecule has 7 heteroatoms. The second-order valence-corrected chi connectivity index (χ2v) is 5.84. The van der Waals surface area contributed by atoms with Gasteiger partial charge in [0, 0.05) is 10.6 Å². The molecule has 1 aromatic rings. The number of rotatable bonds is 4. The molecule has 2 N–H and O–H groups in total. The maximum atomic E-state index is 13.9. The summed E-state index contributed by atoms with van der Waals surface area (Å²) in [6.45, 7) is 4.98. The highest BCUT2D eigenvalue weighted by Gasteiger charge is 2.26. The van der Waals surface area contributed by atoms with E-state index in [-0.39, 0.29) is 10.6 Å². The maximum absolute atomic E-state index is 13.9. The van der Waals surface area contributed by atoms with Crippen LogP contribution in [0.25, 0.3) is 0 Å². The molecule has 0 aliphatic rings. The predicted molar refractivity (Wildman–Crippen MR) is 75.8 cm³/mol. The number of hydrogen-bond acceptors (Lipinski definition) is 3. The quantitative estimate of drug-likeness (QED) is 0.891. The Hall–Kier alpha value is -1.82. The van der Waals surface area contributed by atoms with E-state index in [1.54, 1.807) is 20.8 Å². The Morgan fingerprint density at radius 1 is 1.43 bits per heavy atom. The van der Waals surface area contributed by atoms with Crippen LogP contribution in [0.1, 0.15) is 38.8 Å². The number of ether oxygens (including phenoxy) is 1. The van der Waals surface area contributed by atoms with Crippen LogP contribution < -0.4 is 5.32 Å². The number of carbonyl (C=O) groups excluding carboxylic acids is 1. The Kier molecular flexibility index (Phi) is 5.54. The fourth-order valence-corrected chi connectivity index (χ4v) is 1.99. The van der Waals surface area contributed by atoms with Crippen LogP contribution in [-0.4, -0.2) is 22.8 Å². The number of nitrogens with one attached hydrogen (secondary N) is 1. The van der Waals surface area contributed by atoms with Gasteiger partial charge in [-0.1, -0.05) is 17.7 Å². The molecule has 1 amide bonds. The zero-order chi connectivity index (χ0) is 16.2. The predicted octanol–water partition coefficient (Wildman–Crippen LogP) is 3.52. The van der Waals surface area contributed by atoms with Crippen molar-refractivity contribution < 1.29 is 23.8 Å². The van der Waals surface area contributed by atoms with Crippen LogP contribution in [0.3, 0.4) is 0 Å². The van der Waals surface area contributed by atoms with Gasteiger partial charge in [-0.3, -0.25) is 4.79 Å². The first kappa shape index (κ1) is 17.2. The molecule has 0 saturated heterocycles. The van der Waals surface area contributed by atoms with E-state index in [0.29, 0.717) is 0 Å². The molecule has 1 aromatic carbocycles. The van der Waals surface area contributed by atoms with Crippen molar-refractivity contribution in [1.29, 1.82) is 0 Å². The van der Waals surface area contributed by atoms with Crippen LogP contribution in [0.2, 0.25) is 5.02 Å². The molecular formula is C14H17ClFNO4. The lowest BCUT2D eigenvalue weighted by Gasteiger charge is -2.23. The zero-order valence-corrected chi connectivity index (χ0v) is 12.7. The molecule has 1 atom stereocenters. The van der Waals surface area contributed by atoms with Crippen molar-refractivity contribution in [3.8, 4) is 0 Å². The van der Waals surface area contributed by atoms with Gasteiger partial charge in [0.2, 0.25) is 0 Å². The van der Waals surface area contributed by atoms with E-state index in [1.165, 1.54) is 12.1 Å². The van der Waals surface area contributed by atoms with E-state index in [9.17, 15) is 14.0 Å². The Bertz CT molecular complexity index is 522. The summed E-state index contributed by atoms with van der Waals surface area (Å²) in [6.07, 6.45) is -1.35.